The average molecular weight is 369 g/mol. The number of methoxy groups -OCH3 is 1. The zero-order valence-corrected chi connectivity index (χ0v) is 16.0. The van der Waals surface area contributed by atoms with Crippen molar-refractivity contribution in [2.24, 2.45) is 0 Å². The van der Waals surface area contributed by atoms with E-state index in [-0.39, 0.29) is 12.5 Å². The monoisotopic (exact) mass is 369 g/mol. The van der Waals surface area contributed by atoms with Gasteiger partial charge < -0.3 is 19.2 Å². The van der Waals surface area contributed by atoms with Crippen LogP contribution >= 0.6 is 0 Å². The number of hydrogen-bond acceptors (Lipinski definition) is 6. The molecular formula is C20H23N3O4. The number of rotatable bonds is 7. The first kappa shape index (κ1) is 18.7. The molecule has 2 heterocycles. The summed E-state index contributed by atoms with van der Waals surface area (Å²) in [6.45, 7) is 5.95. The highest BCUT2D eigenvalue weighted by atomic mass is 16.5. The van der Waals surface area contributed by atoms with Crippen LogP contribution in [0.2, 0.25) is 0 Å². The maximum absolute atomic E-state index is 12.2. The molecule has 0 radical (unpaired) electrons. The Labute approximate surface area is 157 Å². The minimum atomic E-state index is -0.247. The Kier molecular flexibility index (Phi) is 5.59. The molecule has 27 heavy (non-hydrogen) atoms. The first-order valence-corrected chi connectivity index (χ1v) is 8.81. The van der Waals surface area contributed by atoms with Gasteiger partial charge in [0.1, 0.15) is 22.7 Å². The molecule has 7 heteroatoms. The van der Waals surface area contributed by atoms with Crippen LogP contribution in [0.25, 0.3) is 11.1 Å². The number of nitrogens with one attached hydrogen (secondary N) is 1. The molecule has 3 rings (SSSR count). The minimum Gasteiger partial charge on any atom is -0.496 e. The lowest BCUT2D eigenvalue weighted by atomic mass is 10.2. The molecule has 3 aromatic rings. The Morgan fingerprint density at radius 1 is 1.22 bits per heavy atom. The van der Waals surface area contributed by atoms with Crippen LogP contribution in [0.1, 0.15) is 29.6 Å². The van der Waals surface area contributed by atoms with Crippen LogP contribution < -0.4 is 14.8 Å². The zero-order chi connectivity index (χ0) is 19.4. The smallest absolute Gasteiger partial charge is 0.258 e. The molecule has 1 amide bonds. The van der Waals surface area contributed by atoms with E-state index in [0.717, 1.165) is 22.6 Å². The van der Waals surface area contributed by atoms with Gasteiger partial charge in [-0.05, 0) is 19.9 Å². The molecule has 0 aliphatic rings. The molecule has 0 saturated carbocycles. The van der Waals surface area contributed by atoms with Crippen molar-refractivity contribution in [2.45, 2.75) is 33.7 Å². The van der Waals surface area contributed by atoms with E-state index in [2.05, 4.69) is 15.3 Å². The Hall–Kier alpha value is -3.09. The van der Waals surface area contributed by atoms with Crippen molar-refractivity contribution in [2.75, 3.05) is 13.7 Å². The molecule has 0 atom stereocenters. The van der Waals surface area contributed by atoms with Gasteiger partial charge in [-0.3, -0.25) is 4.79 Å². The largest absolute Gasteiger partial charge is 0.496 e. The summed E-state index contributed by atoms with van der Waals surface area (Å²) in [7, 11) is 1.60. The number of aromatic nitrogens is 2. The highest BCUT2D eigenvalue weighted by Crippen LogP contribution is 2.30. The fourth-order valence-electron chi connectivity index (χ4n) is 2.75. The third kappa shape index (κ3) is 4.02. The van der Waals surface area contributed by atoms with E-state index in [1.807, 2.05) is 45.0 Å². The summed E-state index contributed by atoms with van der Waals surface area (Å²) >= 11 is 0. The summed E-state index contributed by atoms with van der Waals surface area (Å²) in [6, 6.07) is 7.54. The van der Waals surface area contributed by atoms with E-state index in [1.165, 1.54) is 0 Å². The van der Waals surface area contributed by atoms with Crippen LogP contribution in [0.3, 0.4) is 0 Å². The van der Waals surface area contributed by atoms with Crippen LogP contribution in [-0.2, 0) is 17.8 Å². The Bertz CT molecular complexity index is 965. The molecule has 0 fully saturated rings. The van der Waals surface area contributed by atoms with Crippen molar-refractivity contribution in [3.63, 3.8) is 0 Å². The summed E-state index contributed by atoms with van der Waals surface area (Å²) < 4.78 is 16.7. The van der Waals surface area contributed by atoms with Gasteiger partial charge in [0.15, 0.2) is 6.61 Å². The number of para-hydroxylation sites is 1. The third-order valence-electron chi connectivity index (χ3n) is 4.37. The van der Waals surface area contributed by atoms with Crippen LogP contribution in [-0.4, -0.2) is 29.6 Å². The summed E-state index contributed by atoms with van der Waals surface area (Å²) in [5.74, 6) is 2.23. The van der Waals surface area contributed by atoms with Gasteiger partial charge in [-0.2, -0.15) is 9.97 Å². The van der Waals surface area contributed by atoms with Crippen molar-refractivity contribution in [3.8, 4) is 11.6 Å². The molecule has 1 aromatic carbocycles. The minimum absolute atomic E-state index is 0.145. The Morgan fingerprint density at radius 2 is 2.00 bits per heavy atom. The molecular weight excluding hydrogens is 346 g/mol. The van der Waals surface area contributed by atoms with Gasteiger partial charge in [0, 0.05) is 24.1 Å². The fraction of sp³-hybridized carbons (Fsp3) is 0.350. The molecule has 0 bridgehead atoms. The number of aryl methyl sites for hydroxylation is 3. The summed E-state index contributed by atoms with van der Waals surface area (Å²) in [5, 5.41) is 3.54. The van der Waals surface area contributed by atoms with E-state index < -0.39 is 0 Å². The van der Waals surface area contributed by atoms with Crippen LogP contribution in [0, 0.1) is 13.8 Å². The van der Waals surface area contributed by atoms with Crippen molar-refractivity contribution >= 4 is 17.0 Å². The topological polar surface area (TPSA) is 86.5 Å². The SMILES string of the molecule is CCc1nc(OCC(=O)NCc2ccccc2OC)c2c(C)c(C)oc2n1. The van der Waals surface area contributed by atoms with Gasteiger partial charge in [0.05, 0.1) is 7.11 Å². The lowest BCUT2D eigenvalue weighted by Gasteiger charge is -2.11. The molecule has 2 aromatic heterocycles. The summed E-state index contributed by atoms with van der Waals surface area (Å²) in [6.07, 6.45) is 0.644. The number of amides is 1. The summed E-state index contributed by atoms with van der Waals surface area (Å²) in [4.78, 5) is 21.0. The predicted octanol–water partition coefficient (Wildman–Crippen LogP) is 3.11. The number of ether oxygens (including phenoxy) is 2. The van der Waals surface area contributed by atoms with E-state index in [9.17, 15) is 4.79 Å². The molecule has 0 saturated heterocycles. The lowest BCUT2D eigenvalue weighted by Crippen LogP contribution is -2.28. The fourth-order valence-corrected chi connectivity index (χ4v) is 2.75. The first-order valence-electron chi connectivity index (χ1n) is 8.81. The van der Waals surface area contributed by atoms with Gasteiger partial charge in [0.2, 0.25) is 11.6 Å². The molecule has 0 spiro atoms. The van der Waals surface area contributed by atoms with E-state index >= 15 is 0 Å². The van der Waals surface area contributed by atoms with E-state index in [1.54, 1.807) is 7.11 Å². The molecule has 142 valence electrons. The third-order valence-corrected chi connectivity index (χ3v) is 4.37. The van der Waals surface area contributed by atoms with Gasteiger partial charge >= 0.3 is 0 Å². The number of fused-ring (bicyclic) bond motifs is 1. The van der Waals surface area contributed by atoms with Crippen LogP contribution in [0.5, 0.6) is 11.6 Å². The van der Waals surface area contributed by atoms with Crippen LogP contribution in [0.4, 0.5) is 0 Å². The second-order valence-electron chi connectivity index (χ2n) is 6.14. The number of hydrogen-bond donors (Lipinski definition) is 1. The van der Waals surface area contributed by atoms with Crippen molar-refractivity contribution in [1.29, 1.82) is 0 Å². The first-order chi connectivity index (χ1) is 13.0. The molecule has 0 unspecified atom stereocenters. The van der Waals surface area contributed by atoms with E-state index in [0.29, 0.717) is 35.8 Å². The van der Waals surface area contributed by atoms with E-state index in [4.69, 9.17) is 13.9 Å². The standard InChI is InChI=1S/C20H23N3O4/c1-5-16-22-19(18-12(2)13(3)27-20(18)23-16)26-11-17(24)21-10-14-8-6-7-9-15(14)25-4/h6-9H,5,10-11H2,1-4H3,(H,21,24). The number of furan rings is 1. The normalized spacial score (nSPS) is 10.8. The molecule has 0 aliphatic heterocycles. The maximum Gasteiger partial charge on any atom is 0.258 e. The quantitative estimate of drug-likeness (QED) is 0.689. The second kappa shape index (κ2) is 8.07. The van der Waals surface area contributed by atoms with Gasteiger partial charge in [0.25, 0.3) is 5.91 Å². The van der Waals surface area contributed by atoms with Crippen molar-refractivity contribution < 1.29 is 18.7 Å². The van der Waals surface area contributed by atoms with Gasteiger partial charge in [-0.25, -0.2) is 0 Å². The molecule has 7 nitrogen and oxygen atoms in total. The number of nitrogens with zero attached hydrogens (tertiary/aromatic N) is 2. The lowest BCUT2D eigenvalue weighted by molar-refractivity contribution is -0.123. The highest BCUT2D eigenvalue weighted by molar-refractivity contribution is 5.85. The predicted molar refractivity (Wildman–Crippen MR) is 101 cm³/mol. The molecule has 0 aliphatic carbocycles. The maximum atomic E-state index is 12.2. The second-order valence-corrected chi connectivity index (χ2v) is 6.14. The Balaban J connectivity index is 1.70. The van der Waals surface area contributed by atoms with Crippen molar-refractivity contribution in [3.05, 3.63) is 47.0 Å². The number of carbonyl (C=O) groups is 1. The number of carbonyl (C=O) groups excluding carboxylic acids is 1. The highest BCUT2D eigenvalue weighted by Gasteiger charge is 2.18. The van der Waals surface area contributed by atoms with Gasteiger partial charge in [-0.15, -0.1) is 0 Å². The number of benzene rings is 1. The zero-order valence-electron chi connectivity index (χ0n) is 16.0. The van der Waals surface area contributed by atoms with Gasteiger partial charge in [-0.1, -0.05) is 25.1 Å². The van der Waals surface area contributed by atoms with Crippen molar-refractivity contribution in [1.82, 2.24) is 15.3 Å². The Morgan fingerprint density at radius 3 is 2.74 bits per heavy atom. The average Bonchev–Trinajstić information content (AvgIpc) is 2.98. The molecule has 1 N–H and O–H groups in total. The summed E-state index contributed by atoms with van der Waals surface area (Å²) in [5.41, 5.74) is 2.30. The van der Waals surface area contributed by atoms with Crippen LogP contribution in [0.15, 0.2) is 28.7 Å².